The van der Waals surface area contributed by atoms with Gasteiger partial charge in [-0.1, -0.05) is 40.0 Å². The van der Waals surface area contributed by atoms with E-state index in [-0.39, 0.29) is 17.4 Å². The van der Waals surface area contributed by atoms with Crippen LogP contribution in [0.15, 0.2) is 0 Å². The maximum atomic E-state index is 12.2. The predicted molar refractivity (Wildman–Crippen MR) is 84.8 cm³/mol. The Morgan fingerprint density at radius 2 is 1.95 bits per heavy atom. The molecule has 4 heteroatoms. The van der Waals surface area contributed by atoms with Crippen molar-refractivity contribution in [1.29, 1.82) is 0 Å². The molecule has 0 aromatic rings. The highest BCUT2D eigenvalue weighted by Gasteiger charge is 2.24. The second kappa shape index (κ2) is 8.63. The van der Waals surface area contributed by atoms with Crippen LogP contribution in [0.3, 0.4) is 0 Å². The third-order valence-corrected chi connectivity index (χ3v) is 4.28. The van der Waals surface area contributed by atoms with Crippen molar-refractivity contribution in [3.05, 3.63) is 0 Å². The van der Waals surface area contributed by atoms with Crippen molar-refractivity contribution in [2.24, 2.45) is 5.41 Å². The molecule has 0 spiro atoms. The van der Waals surface area contributed by atoms with Gasteiger partial charge < -0.3 is 10.6 Å². The van der Waals surface area contributed by atoms with E-state index in [0.29, 0.717) is 0 Å². The molecular weight excluding hydrogens is 250 g/mol. The molecule has 0 aromatic carbocycles. The lowest BCUT2D eigenvalue weighted by Crippen LogP contribution is -2.53. The third-order valence-electron chi connectivity index (χ3n) is 4.28. The van der Waals surface area contributed by atoms with E-state index in [0.717, 1.165) is 32.7 Å². The predicted octanol–water partition coefficient (Wildman–Crippen LogP) is 2.00. The van der Waals surface area contributed by atoms with Crippen molar-refractivity contribution >= 4 is 5.91 Å². The van der Waals surface area contributed by atoms with Crippen LogP contribution in [0.25, 0.3) is 0 Å². The summed E-state index contributed by atoms with van der Waals surface area (Å²) in [7, 11) is 0. The highest BCUT2D eigenvalue weighted by molar-refractivity contribution is 5.81. The molecule has 2 N–H and O–H groups in total. The summed E-state index contributed by atoms with van der Waals surface area (Å²) in [5, 5.41) is 6.47. The molecule has 0 aromatic heterocycles. The van der Waals surface area contributed by atoms with Crippen LogP contribution in [-0.4, -0.2) is 49.6 Å². The van der Waals surface area contributed by atoms with Gasteiger partial charge in [0.15, 0.2) is 0 Å². The van der Waals surface area contributed by atoms with Crippen molar-refractivity contribution in [3.63, 3.8) is 0 Å². The smallest absolute Gasteiger partial charge is 0.237 e. The molecule has 0 bridgehead atoms. The van der Waals surface area contributed by atoms with Crippen LogP contribution in [-0.2, 0) is 4.79 Å². The summed E-state index contributed by atoms with van der Waals surface area (Å²) in [5.41, 5.74) is 0.202. The van der Waals surface area contributed by atoms with E-state index in [2.05, 4.69) is 36.3 Å². The van der Waals surface area contributed by atoms with Gasteiger partial charge in [0.05, 0.1) is 6.04 Å². The molecule has 0 aliphatic carbocycles. The molecule has 1 fully saturated rings. The largest absolute Gasteiger partial charge is 0.354 e. The van der Waals surface area contributed by atoms with E-state index in [1.165, 1.54) is 25.7 Å². The highest BCUT2D eigenvalue weighted by Crippen LogP contribution is 2.22. The fraction of sp³-hybridized carbons (Fsp3) is 0.938. The van der Waals surface area contributed by atoms with Gasteiger partial charge >= 0.3 is 0 Å². The average molecular weight is 283 g/mol. The van der Waals surface area contributed by atoms with E-state index in [9.17, 15) is 4.79 Å². The molecule has 1 atom stereocenters. The molecule has 1 aliphatic rings. The molecule has 1 saturated heterocycles. The molecule has 1 heterocycles. The molecule has 118 valence electrons. The molecule has 0 saturated carbocycles. The zero-order valence-electron chi connectivity index (χ0n) is 13.8. The molecule has 1 aliphatic heterocycles. The van der Waals surface area contributed by atoms with Crippen LogP contribution in [0.5, 0.6) is 0 Å². The first-order valence-corrected chi connectivity index (χ1v) is 8.19. The number of piperazine rings is 1. The summed E-state index contributed by atoms with van der Waals surface area (Å²) >= 11 is 0. The van der Waals surface area contributed by atoms with E-state index < -0.39 is 0 Å². The zero-order chi connectivity index (χ0) is 15.0. The van der Waals surface area contributed by atoms with Gasteiger partial charge in [-0.25, -0.2) is 0 Å². The van der Waals surface area contributed by atoms with Crippen LogP contribution in [0.2, 0.25) is 0 Å². The van der Waals surface area contributed by atoms with E-state index in [1.54, 1.807) is 0 Å². The van der Waals surface area contributed by atoms with Gasteiger partial charge in [0, 0.05) is 32.7 Å². The number of hydrogen-bond donors (Lipinski definition) is 2. The Hall–Kier alpha value is -0.610. The Morgan fingerprint density at radius 3 is 2.55 bits per heavy atom. The standard InChI is InChI=1S/C16H33N3O/c1-5-6-7-8-16(3,4)13-18-15(20)14(2)19-11-9-17-10-12-19/h14,17H,5-13H2,1-4H3,(H,18,20). The maximum Gasteiger partial charge on any atom is 0.237 e. The molecule has 4 nitrogen and oxygen atoms in total. The first kappa shape index (κ1) is 17.4. The number of unbranched alkanes of at least 4 members (excludes halogenated alkanes) is 2. The number of nitrogens with zero attached hydrogens (tertiary/aromatic N) is 1. The van der Waals surface area contributed by atoms with Crippen molar-refractivity contribution in [2.75, 3.05) is 32.7 Å². The lowest BCUT2D eigenvalue weighted by Gasteiger charge is -2.33. The minimum absolute atomic E-state index is 0.0106. The summed E-state index contributed by atoms with van der Waals surface area (Å²) in [6.45, 7) is 13.4. The van der Waals surface area contributed by atoms with Crippen molar-refractivity contribution in [3.8, 4) is 0 Å². The lowest BCUT2D eigenvalue weighted by atomic mass is 9.87. The second-order valence-electron chi connectivity index (χ2n) is 6.80. The second-order valence-corrected chi connectivity index (χ2v) is 6.80. The summed E-state index contributed by atoms with van der Waals surface area (Å²) in [4.78, 5) is 14.5. The van der Waals surface area contributed by atoms with Crippen LogP contribution in [0.4, 0.5) is 0 Å². The van der Waals surface area contributed by atoms with Crippen LogP contribution in [0.1, 0.15) is 53.4 Å². The van der Waals surface area contributed by atoms with E-state index in [1.807, 2.05) is 6.92 Å². The molecular formula is C16H33N3O. The Kier molecular flexibility index (Phi) is 7.52. The van der Waals surface area contributed by atoms with Gasteiger partial charge in [-0.2, -0.15) is 0 Å². The first-order valence-electron chi connectivity index (χ1n) is 8.19. The highest BCUT2D eigenvalue weighted by atomic mass is 16.2. The quantitative estimate of drug-likeness (QED) is 0.670. The SMILES string of the molecule is CCCCCC(C)(C)CNC(=O)C(C)N1CCNCC1. The van der Waals surface area contributed by atoms with Crippen LogP contribution < -0.4 is 10.6 Å². The molecule has 1 amide bonds. The fourth-order valence-electron chi connectivity index (χ4n) is 2.65. The first-order chi connectivity index (χ1) is 9.46. The Balaban J connectivity index is 2.29. The van der Waals surface area contributed by atoms with E-state index >= 15 is 0 Å². The topological polar surface area (TPSA) is 44.4 Å². The third kappa shape index (κ3) is 6.23. The summed E-state index contributed by atoms with van der Waals surface area (Å²) in [6.07, 6.45) is 4.98. The number of nitrogens with one attached hydrogen (secondary N) is 2. The van der Waals surface area contributed by atoms with E-state index in [4.69, 9.17) is 0 Å². The maximum absolute atomic E-state index is 12.2. The average Bonchev–Trinajstić information content (AvgIpc) is 2.45. The molecule has 1 rings (SSSR count). The summed E-state index contributed by atoms with van der Waals surface area (Å²) < 4.78 is 0. The minimum Gasteiger partial charge on any atom is -0.354 e. The minimum atomic E-state index is -0.0106. The zero-order valence-corrected chi connectivity index (χ0v) is 13.8. The summed E-state index contributed by atoms with van der Waals surface area (Å²) in [5.74, 6) is 0.176. The normalized spacial score (nSPS) is 18.8. The molecule has 0 radical (unpaired) electrons. The van der Waals surface area contributed by atoms with Gasteiger partial charge in [0.2, 0.25) is 5.91 Å². The van der Waals surface area contributed by atoms with Gasteiger partial charge in [-0.05, 0) is 18.8 Å². The fourth-order valence-corrected chi connectivity index (χ4v) is 2.65. The van der Waals surface area contributed by atoms with Crippen LogP contribution >= 0.6 is 0 Å². The number of amides is 1. The van der Waals surface area contributed by atoms with Crippen molar-refractivity contribution in [1.82, 2.24) is 15.5 Å². The molecule has 1 unspecified atom stereocenters. The lowest BCUT2D eigenvalue weighted by molar-refractivity contribution is -0.126. The monoisotopic (exact) mass is 283 g/mol. The van der Waals surface area contributed by atoms with Gasteiger partial charge in [-0.3, -0.25) is 9.69 Å². The van der Waals surface area contributed by atoms with Gasteiger partial charge in [0.25, 0.3) is 0 Å². The summed E-state index contributed by atoms with van der Waals surface area (Å²) in [6, 6.07) is -0.0106. The number of carbonyl (C=O) groups is 1. The number of rotatable bonds is 8. The Bertz CT molecular complexity index is 285. The number of hydrogen-bond acceptors (Lipinski definition) is 3. The molecule has 20 heavy (non-hydrogen) atoms. The van der Waals surface area contributed by atoms with Gasteiger partial charge in [0.1, 0.15) is 0 Å². The van der Waals surface area contributed by atoms with Crippen molar-refractivity contribution < 1.29 is 4.79 Å². The number of carbonyl (C=O) groups excluding carboxylic acids is 1. The van der Waals surface area contributed by atoms with Crippen molar-refractivity contribution in [2.45, 2.75) is 59.4 Å². The Morgan fingerprint density at radius 1 is 1.30 bits per heavy atom. The van der Waals surface area contributed by atoms with Crippen LogP contribution in [0, 0.1) is 5.41 Å². The Labute approximate surface area is 124 Å². The van der Waals surface area contributed by atoms with Gasteiger partial charge in [-0.15, -0.1) is 0 Å².